The second-order valence-corrected chi connectivity index (χ2v) is 7.15. The minimum Gasteiger partial charge on any atom is -0.493 e. The maximum atomic E-state index is 12.9. The number of urea groups is 1. The molecule has 1 fully saturated rings. The van der Waals surface area contributed by atoms with Crippen molar-refractivity contribution in [2.24, 2.45) is 0 Å². The van der Waals surface area contributed by atoms with E-state index in [9.17, 15) is 14.0 Å². The first-order valence-electron chi connectivity index (χ1n) is 9.49. The topological polar surface area (TPSA) is 61.9 Å². The summed E-state index contributed by atoms with van der Waals surface area (Å²) in [5.41, 5.74) is 0.637. The molecular weight excluding hydrogens is 397 g/mol. The first kappa shape index (κ1) is 20.9. The molecule has 0 aromatic heterocycles. The van der Waals surface area contributed by atoms with Gasteiger partial charge < -0.3 is 19.9 Å². The smallest absolute Gasteiger partial charge is 0.321 e. The molecule has 3 amide bonds. The van der Waals surface area contributed by atoms with Gasteiger partial charge in [0.2, 0.25) is 5.91 Å². The van der Waals surface area contributed by atoms with E-state index in [1.165, 1.54) is 24.3 Å². The van der Waals surface area contributed by atoms with Crippen molar-refractivity contribution in [1.82, 2.24) is 9.80 Å². The Kier molecular flexibility index (Phi) is 7.30. The monoisotopic (exact) mass is 419 g/mol. The van der Waals surface area contributed by atoms with Crippen LogP contribution in [0.5, 0.6) is 5.75 Å². The molecule has 0 aliphatic carbocycles. The van der Waals surface area contributed by atoms with Crippen LogP contribution >= 0.6 is 11.6 Å². The quantitative estimate of drug-likeness (QED) is 0.796. The summed E-state index contributed by atoms with van der Waals surface area (Å²) in [6.07, 6.45) is 0.930. The van der Waals surface area contributed by atoms with E-state index in [0.717, 1.165) is 0 Å². The van der Waals surface area contributed by atoms with E-state index in [1.54, 1.807) is 34.1 Å². The van der Waals surface area contributed by atoms with Gasteiger partial charge in [-0.2, -0.15) is 0 Å². The van der Waals surface area contributed by atoms with Gasteiger partial charge in [-0.3, -0.25) is 4.79 Å². The standard InChI is InChI=1S/C21H23ClFN3O3/c22-16-3-1-4-18(15-16)24-21(28)26-11-2-10-25(12-13-26)20(27)9-14-29-19-7-5-17(23)6-8-19/h1,3-8,15H,2,9-14H2,(H,24,28). The fourth-order valence-electron chi connectivity index (χ4n) is 3.08. The van der Waals surface area contributed by atoms with Crippen LogP contribution in [0, 0.1) is 5.82 Å². The summed E-state index contributed by atoms with van der Waals surface area (Å²) in [6, 6.07) is 12.5. The zero-order valence-electron chi connectivity index (χ0n) is 15.9. The van der Waals surface area contributed by atoms with Gasteiger partial charge in [0.05, 0.1) is 13.0 Å². The van der Waals surface area contributed by atoms with Gasteiger partial charge in [-0.25, -0.2) is 9.18 Å². The molecule has 1 aliphatic rings. The van der Waals surface area contributed by atoms with E-state index in [2.05, 4.69) is 5.32 Å². The Labute approximate surface area is 174 Å². The number of ether oxygens (including phenoxy) is 1. The number of nitrogens with zero attached hydrogens (tertiary/aromatic N) is 2. The number of benzene rings is 2. The Morgan fingerprint density at radius 1 is 1.03 bits per heavy atom. The van der Waals surface area contributed by atoms with Crippen molar-refractivity contribution in [3.05, 3.63) is 59.4 Å². The summed E-state index contributed by atoms with van der Waals surface area (Å²) < 4.78 is 18.4. The number of amides is 3. The lowest BCUT2D eigenvalue weighted by molar-refractivity contribution is -0.131. The molecule has 0 spiro atoms. The van der Waals surface area contributed by atoms with Crippen LogP contribution < -0.4 is 10.1 Å². The maximum Gasteiger partial charge on any atom is 0.321 e. The predicted octanol–water partition coefficient (Wildman–Crippen LogP) is 4.01. The number of nitrogens with one attached hydrogen (secondary N) is 1. The van der Waals surface area contributed by atoms with Gasteiger partial charge in [0, 0.05) is 36.9 Å². The van der Waals surface area contributed by atoms with Crippen molar-refractivity contribution in [3.8, 4) is 5.75 Å². The minimum absolute atomic E-state index is 0.0239. The molecule has 0 saturated carbocycles. The third-order valence-electron chi connectivity index (χ3n) is 4.61. The van der Waals surface area contributed by atoms with Gasteiger partial charge in [-0.15, -0.1) is 0 Å². The van der Waals surface area contributed by atoms with Crippen LogP contribution in [0.2, 0.25) is 5.02 Å². The fraction of sp³-hybridized carbons (Fsp3) is 0.333. The van der Waals surface area contributed by atoms with Crippen LogP contribution in [-0.4, -0.2) is 54.5 Å². The lowest BCUT2D eigenvalue weighted by atomic mass is 10.3. The highest BCUT2D eigenvalue weighted by Crippen LogP contribution is 2.16. The van der Waals surface area contributed by atoms with E-state index in [1.807, 2.05) is 0 Å². The number of hydrogen-bond acceptors (Lipinski definition) is 3. The SMILES string of the molecule is O=C(CCOc1ccc(F)cc1)N1CCCN(C(=O)Nc2cccc(Cl)c2)CC1. The van der Waals surface area contributed by atoms with E-state index in [-0.39, 0.29) is 30.8 Å². The largest absolute Gasteiger partial charge is 0.493 e. The van der Waals surface area contributed by atoms with Crippen molar-refractivity contribution < 1.29 is 18.7 Å². The van der Waals surface area contributed by atoms with Crippen LogP contribution in [0.4, 0.5) is 14.9 Å². The number of anilines is 1. The summed E-state index contributed by atoms with van der Waals surface area (Å²) in [5.74, 6) is 0.171. The predicted molar refractivity (Wildman–Crippen MR) is 110 cm³/mol. The molecule has 6 nitrogen and oxygen atoms in total. The van der Waals surface area contributed by atoms with E-state index in [0.29, 0.717) is 49.1 Å². The van der Waals surface area contributed by atoms with E-state index >= 15 is 0 Å². The lowest BCUT2D eigenvalue weighted by Gasteiger charge is -2.22. The molecule has 2 aromatic carbocycles. The van der Waals surface area contributed by atoms with Gasteiger partial charge in [0.25, 0.3) is 0 Å². The normalized spacial score (nSPS) is 14.3. The summed E-state index contributed by atoms with van der Waals surface area (Å²) in [5, 5.41) is 3.39. The molecule has 1 heterocycles. The van der Waals surface area contributed by atoms with Gasteiger partial charge in [-0.1, -0.05) is 17.7 Å². The van der Waals surface area contributed by atoms with Crippen molar-refractivity contribution in [2.75, 3.05) is 38.1 Å². The first-order chi connectivity index (χ1) is 14.0. The molecule has 0 bridgehead atoms. The molecule has 0 atom stereocenters. The highest BCUT2D eigenvalue weighted by atomic mass is 35.5. The second kappa shape index (κ2) is 10.1. The van der Waals surface area contributed by atoms with Gasteiger partial charge >= 0.3 is 6.03 Å². The number of halogens is 2. The number of carbonyl (C=O) groups is 2. The van der Waals surface area contributed by atoms with Crippen molar-refractivity contribution in [2.45, 2.75) is 12.8 Å². The Morgan fingerprint density at radius 2 is 1.76 bits per heavy atom. The molecule has 8 heteroatoms. The van der Waals surface area contributed by atoms with Crippen molar-refractivity contribution in [1.29, 1.82) is 0 Å². The maximum absolute atomic E-state index is 12.9. The molecule has 2 aromatic rings. The molecule has 1 N–H and O–H groups in total. The van der Waals surface area contributed by atoms with Crippen LogP contribution in [0.15, 0.2) is 48.5 Å². The fourth-order valence-corrected chi connectivity index (χ4v) is 3.27. The Morgan fingerprint density at radius 3 is 2.52 bits per heavy atom. The summed E-state index contributed by atoms with van der Waals surface area (Å²) >= 11 is 5.95. The molecule has 29 heavy (non-hydrogen) atoms. The van der Waals surface area contributed by atoms with E-state index < -0.39 is 0 Å². The highest BCUT2D eigenvalue weighted by molar-refractivity contribution is 6.30. The third-order valence-corrected chi connectivity index (χ3v) is 4.85. The molecule has 0 radical (unpaired) electrons. The van der Waals surface area contributed by atoms with Crippen LogP contribution in [-0.2, 0) is 4.79 Å². The van der Waals surface area contributed by atoms with Crippen molar-refractivity contribution in [3.63, 3.8) is 0 Å². The molecule has 0 unspecified atom stereocenters. The molecule has 3 rings (SSSR count). The molecular formula is C21H23ClFN3O3. The molecule has 1 aliphatic heterocycles. The number of carbonyl (C=O) groups excluding carboxylic acids is 2. The number of rotatable bonds is 5. The van der Waals surface area contributed by atoms with Gasteiger partial charge in [-0.05, 0) is 48.9 Å². The summed E-state index contributed by atoms with van der Waals surface area (Å²) in [7, 11) is 0. The average Bonchev–Trinajstić information content (AvgIpc) is 2.96. The molecule has 154 valence electrons. The minimum atomic E-state index is -0.332. The van der Waals surface area contributed by atoms with E-state index in [4.69, 9.17) is 16.3 Å². The Balaban J connectivity index is 1.44. The van der Waals surface area contributed by atoms with Gasteiger partial charge in [0.1, 0.15) is 11.6 Å². The summed E-state index contributed by atoms with van der Waals surface area (Å²) in [6.45, 7) is 2.31. The Hall–Kier alpha value is -2.80. The number of hydrogen-bond donors (Lipinski definition) is 1. The zero-order valence-corrected chi connectivity index (χ0v) is 16.7. The Bertz CT molecular complexity index is 847. The van der Waals surface area contributed by atoms with Crippen LogP contribution in [0.1, 0.15) is 12.8 Å². The zero-order chi connectivity index (χ0) is 20.6. The molecule has 1 saturated heterocycles. The van der Waals surface area contributed by atoms with Crippen LogP contribution in [0.25, 0.3) is 0 Å². The average molecular weight is 420 g/mol. The first-order valence-corrected chi connectivity index (χ1v) is 9.87. The second-order valence-electron chi connectivity index (χ2n) is 6.71. The van der Waals surface area contributed by atoms with Gasteiger partial charge in [0.15, 0.2) is 0 Å². The summed E-state index contributed by atoms with van der Waals surface area (Å²) in [4.78, 5) is 28.4. The lowest BCUT2D eigenvalue weighted by Crippen LogP contribution is -2.39. The van der Waals surface area contributed by atoms with Crippen LogP contribution in [0.3, 0.4) is 0 Å². The van der Waals surface area contributed by atoms with Crippen molar-refractivity contribution >= 4 is 29.2 Å². The highest BCUT2D eigenvalue weighted by Gasteiger charge is 2.22. The third kappa shape index (κ3) is 6.35.